The Morgan fingerprint density at radius 1 is 1.18 bits per heavy atom. The molecule has 2 rings (SSSR count). The number of esters is 1. The molecule has 0 N–H and O–H groups in total. The summed E-state index contributed by atoms with van der Waals surface area (Å²) in [6.45, 7) is 8.10. The van der Waals surface area contributed by atoms with E-state index in [2.05, 4.69) is 28.7 Å². The number of aromatic nitrogens is 2. The molecule has 0 aliphatic carbocycles. The van der Waals surface area contributed by atoms with E-state index < -0.39 is 5.97 Å². The molecule has 1 heterocycles. The molecule has 0 saturated heterocycles. The lowest BCUT2D eigenvalue weighted by molar-refractivity contribution is 0.0512. The zero-order chi connectivity index (χ0) is 15.9. The lowest BCUT2D eigenvalue weighted by atomic mass is 10.2. The Morgan fingerprint density at radius 2 is 1.95 bits per heavy atom. The Hall–Kier alpha value is -2.17. The number of carbonyl (C=O) groups excluding carboxylic acids is 1. The van der Waals surface area contributed by atoms with Gasteiger partial charge in [0, 0.05) is 18.5 Å². The largest absolute Gasteiger partial charge is 0.460 e. The zero-order valence-electron chi connectivity index (χ0n) is 13.5. The first-order chi connectivity index (χ1) is 10.7. The van der Waals surface area contributed by atoms with Gasteiger partial charge in [-0.1, -0.05) is 25.5 Å². The summed E-state index contributed by atoms with van der Waals surface area (Å²) in [6, 6.07) is 7.77. The highest BCUT2D eigenvalue weighted by Gasteiger charge is 2.17. The molecule has 2 aromatic rings. The van der Waals surface area contributed by atoms with Crippen molar-refractivity contribution in [2.45, 2.75) is 33.6 Å². The van der Waals surface area contributed by atoms with E-state index >= 15 is 0 Å². The van der Waals surface area contributed by atoms with Crippen LogP contribution in [0.1, 0.15) is 44.2 Å². The number of benzene rings is 1. The van der Waals surface area contributed by atoms with E-state index in [0.29, 0.717) is 6.61 Å². The van der Waals surface area contributed by atoms with Crippen molar-refractivity contribution in [1.29, 1.82) is 0 Å². The van der Waals surface area contributed by atoms with Crippen LogP contribution in [0, 0.1) is 0 Å². The van der Waals surface area contributed by atoms with Crippen LogP contribution in [-0.4, -0.2) is 35.6 Å². The second-order valence-corrected chi connectivity index (χ2v) is 5.04. The number of rotatable bonds is 7. The highest BCUT2D eigenvalue weighted by Crippen LogP contribution is 2.24. The third-order valence-electron chi connectivity index (χ3n) is 3.50. The van der Waals surface area contributed by atoms with Crippen LogP contribution in [-0.2, 0) is 4.74 Å². The summed E-state index contributed by atoms with van der Waals surface area (Å²) in [6.07, 6.45) is 2.20. The first-order valence-corrected chi connectivity index (χ1v) is 7.90. The quantitative estimate of drug-likeness (QED) is 0.733. The van der Waals surface area contributed by atoms with Crippen LogP contribution in [0.2, 0.25) is 0 Å². The fraction of sp³-hybridized carbons (Fsp3) is 0.471. The molecule has 0 unspecified atom stereocenters. The minimum absolute atomic E-state index is 0.130. The summed E-state index contributed by atoms with van der Waals surface area (Å²) in [4.78, 5) is 23.0. The third kappa shape index (κ3) is 3.53. The minimum Gasteiger partial charge on any atom is -0.460 e. The van der Waals surface area contributed by atoms with E-state index in [4.69, 9.17) is 4.74 Å². The van der Waals surface area contributed by atoms with E-state index in [1.807, 2.05) is 24.3 Å². The monoisotopic (exact) mass is 301 g/mol. The highest BCUT2D eigenvalue weighted by molar-refractivity contribution is 5.94. The molecule has 0 aliphatic rings. The molecule has 22 heavy (non-hydrogen) atoms. The molecule has 0 saturated carbocycles. The Balaban J connectivity index is 2.51. The summed E-state index contributed by atoms with van der Waals surface area (Å²) in [5, 5.41) is 0.966. The molecule has 5 nitrogen and oxygen atoms in total. The standard InChI is InChI=1S/C17H23N3O2/c1-4-7-12-20(5-2)16-13-10-8-9-11-14(13)18-15(19-16)17(21)22-6-3/h8-11H,4-7,12H2,1-3H3. The van der Waals surface area contributed by atoms with Crippen molar-refractivity contribution >= 4 is 22.7 Å². The molecule has 0 bridgehead atoms. The van der Waals surface area contributed by atoms with E-state index in [-0.39, 0.29) is 5.82 Å². The van der Waals surface area contributed by atoms with Gasteiger partial charge in [-0.05, 0) is 32.4 Å². The summed E-state index contributed by atoms with van der Waals surface area (Å²) in [7, 11) is 0. The lowest BCUT2D eigenvalue weighted by Crippen LogP contribution is -2.26. The number of hydrogen-bond acceptors (Lipinski definition) is 5. The number of ether oxygens (including phenoxy) is 1. The van der Waals surface area contributed by atoms with Crippen LogP contribution in [0.25, 0.3) is 10.9 Å². The van der Waals surface area contributed by atoms with Crippen LogP contribution in [0.15, 0.2) is 24.3 Å². The molecule has 5 heteroatoms. The molecular weight excluding hydrogens is 278 g/mol. The van der Waals surface area contributed by atoms with Crippen LogP contribution in [0.3, 0.4) is 0 Å². The van der Waals surface area contributed by atoms with Gasteiger partial charge in [-0.25, -0.2) is 14.8 Å². The van der Waals surface area contributed by atoms with E-state index in [1.54, 1.807) is 6.92 Å². The van der Waals surface area contributed by atoms with Gasteiger partial charge in [-0.15, -0.1) is 0 Å². The van der Waals surface area contributed by atoms with Crippen molar-refractivity contribution in [3.8, 4) is 0 Å². The maximum absolute atomic E-state index is 12.0. The van der Waals surface area contributed by atoms with Gasteiger partial charge >= 0.3 is 5.97 Å². The molecule has 0 fully saturated rings. The predicted molar refractivity (Wildman–Crippen MR) is 88.3 cm³/mol. The van der Waals surface area contributed by atoms with Crippen molar-refractivity contribution in [2.75, 3.05) is 24.6 Å². The van der Waals surface area contributed by atoms with Gasteiger partial charge in [-0.3, -0.25) is 0 Å². The maximum atomic E-state index is 12.0. The van der Waals surface area contributed by atoms with Crippen LogP contribution in [0.4, 0.5) is 5.82 Å². The molecule has 0 atom stereocenters. The molecule has 0 radical (unpaired) electrons. The summed E-state index contributed by atoms with van der Waals surface area (Å²) < 4.78 is 5.04. The Labute approximate surface area is 131 Å². The van der Waals surface area contributed by atoms with Crippen LogP contribution < -0.4 is 4.90 Å². The first kappa shape index (κ1) is 16.2. The number of anilines is 1. The number of nitrogens with zero attached hydrogens (tertiary/aromatic N) is 3. The van der Waals surface area contributed by atoms with Gasteiger partial charge in [-0.2, -0.15) is 0 Å². The Bertz CT molecular complexity index is 643. The second-order valence-electron chi connectivity index (χ2n) is 5.04. The molecule has 0 spiro atoms. The molecule has 1 aromatic heterocycles. The molecule has 118 valence electrons. The van der Waals surface area contributed by atoms with Crippen molar-refractivity contribution < 1.29 is 9.53 Å². The van der Waals surface area contributed by atoms with Gasteiger partial charge in [0.2, 0.25) is 5.82 Å². The summed E-state index contributed by atoms with van der Waals surface area (Å²) in [5.41, 5.74) is 0.769. The van der Waals surface area contributed by atoms with Gasteiger partial charge in [0.1, 0.15) is 5.82 Å². The van der Waals surface area contributed by atoms with Gasteiger partial charge in [0.25, 0.3) is 0 Å². The number of carbonyl (C=O) groups is 1. The number of fused-ring (bicyclic) bond motifs is 1. The summed E-state index contributed by atoms with van der Waals surface area (Å²) >= 11 is 0. The molecule has 0 aliphatic heterocycles. The fourth-order valence-corrected chi connectivity index (χ4v) is 2.35. The topological polar surface area (TPSA) is 55.3 Å². The predicted octanol–water partition coefficient (Wildman–Crippen LogP) is 3.43. The normalized spacial score (nSPS) is 10.7. The average Bonchev–Trinajstić information content (AvgIpc) is 2.55. The zero-order valence-corrected chi connectivity index (χ0v) is 13.5. The van der Waals surface area contributed by atoms with E-state index in [9.17, 15) is 4.79 Å². The molecular formula is C17H23N3O2. The van der Waals surface area contributed by atoms with Gasteiger partial charge in [0.05, 0.1) is 12.1 Å². The third-order valence-corrected chi connectivity index (χ3v) is 3.50. The van der Waals surface area contributed by atoms with Crippen molar-refractivity contribution in [2.24, 2.45) is 0 Å². The van der Waals surface area contributed by atoms with Crippen LogP contribution in [0.5, 0.6) is 0 Å². The fourth-order valence-electron chi connectivity index (χ4n) is 2.35. The van der Waals surface area contributed by atoms with E-state index in [1.165, 1.54) is 0 Å². The van der Waals surface area contributed by atoms with Gasteiger partial charge in [0.15, 0.2) is 0 Å². The minimum atomic E-state index is -0.471. The SMILES string of the molecule is CCCCN(CC)c1nc(C(=O)OCC)nc2ccccc12. The Kier molecular flexibility index (Phi) is 5.69. The lowest BCUT2D eigenvalue weighted by Gasteiger charge is -2.23. The van der Waals surface area contributed by atoms with Crippen molar-refractivity contribution in [3.05, 3.63) is 30.1 Å². The number of hydrogen-bond donors (Lipinski definition) is 0. The van der Waals surface area contributed by atoms with Crippen molar-refractivity contribution in [1.82, 2.24) is 9.97 Å². The maximum Gasteiger partial charge on any atom is 0.376 e. The Morgan fingerprint density at radius 3 is 2.64 bits per heavy atom. The number of unbranched alkanes of at least 4 members (excludes halogenated alkanes) is 1. The molecule has 1 aromatic carbocycles. The van der Waals surface area contributed by atoms with Crippen molar-refractivity contribution in [3.63, 3.8) is 0 Å². The average molecular weight is 301 g/mol. The molecule has 0 amide bonds. The van der Waals surface area contributed by atoms with E-state index in [0.717, 1.165) is 42.7 Å². The highest BCUT2D eigenvalue weighted by atomic mass is 16.5. The van der Waals surface area contributed by atoms with Crippen LogP contribution >= 0.6 is 0 Å². The number of para-hydroxylation sites is 1. The second kappa shape index (κ2) is 7.73. The smallest absolute Gasteiger partial charge is 0.376 e. The summed E-state index contributed by atoms with van der Waals surface area (Å²) in [5.74, 6) is 0.469. The first-order valence-electron chi connectivity index (χ1n) is 7.90. The van der Waals surface area contributed by atoms with Gasteiger partial charge < -0.3 is 9.64 Å².